The zero-order valence-corrected chi connectivity index (χ0v) is 17.3. The maximum Gasteiger partial charge on any atom is 0.243 e. The molecule has 3 N–H and O–H groups in total. The Kier molecular flexibility index (Phi) is 5.30. The lowest BCUT2D eigenvalue weighted by molar-refractivity contribution is -0.139. The average molecular weight is 426 g/mol. The molecule has 2 amide bonds. The van der Waals surface area contributed by atoms with E-state index in [2.05, 4.69) is 22.0 Å². The van der Waals surface area contributed by atoms with Crippen LogP contribution in [0.5, 0.6) is 0 Å². The predicted octanol–water partition coefficient (Wildman–Crippen LogP) is 1.88. The van der Waals surface area contributed by atoms with Crippen molar-refractivity contribution in [1.29, 1.82) is 5.26 Å². The zero-order valence-electron chi connectivity index (χ0n) is 17.3. The van der Waals surface area contributed by atoms with Crippen molar-refractivity contribution in [2.45, 2.75) is 62.8 Å². The van der Waals surface area contributed by atoms with Gasteiger partial charge in [0, 0.05) is 12.3 Å². The molecule has 0 aromatic heterocycles. The Morgan fingerprint density at radius 2 is 2.10 bits per heavy atom. The van der Waals surface area contributed by atoms with Crippen LogP contribution in [0.15, 0.2) is 18.2 Å². The average Bonchev–Trinajstić information content (AvgIpc) is 3.45. The largest absolute Gasteiger partial charge is 0.378 e. The first kappa shape index (κ1) is 20.3. The highest BCUT2D eigenvalue weighted by Gasteiger charge is 2.45. The molecule has 31 heavy (non-hydrogen) atoms. The third kappa shape index (κ3) is 4.11. The van der Waals surface area contributed by atoms with Crippen LogP contribution < -0.4 is 16.0 Å². The summed E-state index contributed by atoms with van der Waals surface area (Å²) < 4.78 is 19.7. The Bertz CT molecular complexity index is 919. The molecule has 2 bridgehead atoms. The molecule has 2 saturated carbocycles. The number of ether oxygens (including phenoxy) is 1. The van der Waals surface area contributed by atoms with E-state index in [0.29, 0.717) is 43.1 Å². The molecule has 4 atom stereocenters. The van der Waals surface area contributed by atoms with E-state index in [-0.39, 0.29) is 23.5 Å². The van der Waals surface area contributed by atoms with E-state index in [0.717, 1.165) is 31.2 Å². The summed E-state index contributed by atoms with van der Waals surface area (Å²) in [6.45, 7) is 0.489. The molecule has 2 aliphatic carbocycles. The maximum absolute atomic E-state index is 14.0. The molecule has 8 heteroatoms. The number of carbonyl (C=O) groups excluding carboxylic acids is 2. The van der Waals surface area contributed by atoms with Crippen LogP contribution in [-0.4, -0.2) is 42.7 Å². The van der Waals surface area contributed by atoms with Crippen LogP contribution in [-0.2, 0) is 20.7 Å². The quantitative estimate of drug-likeness (QED) is 0.618. The van der Waals surface area contributed by atoms with Gasteiger partial charge >= 0.3 is 0 Å². The molecule has 7 nitrogen and oxygen atoms in total. The van der Waals surface area contributed by atoms with Gasteiger partial charge in [-0.05, 0) is 42.7 Å². The molecule has 0 radical (unpaired) electrons. The van der Waals surface area contributed by atoms with Crippen molar-refractivity contribution in [2.75, 3.05) is 11.9 Å². The first-order chi connectivity index (χ1) is 15.0. The van der Waals surface area contributed by atoms with E-state index < -0.39 is 18.1 Å². The summed E-state index contributed by atoms with van der Waals surface area (Å²) in [5.74, 6) is -0.220. The second kappa shape index (κ2) is 8.12. The van der Waals surface area contributed by atoms with Crippen molar-refractivity contribution in [3.05, 3.63) is 29.6 Å². The van der Waals surface area contributed by atoms with Gasteiger partial charge in [-0.2, -0.15) is 5.26 Å². The lowest BCUT2D eigenvalue weighted by Gasteiger charge is -2.47. The van der Waals surface area contributed by atoms with Crippen LogP contribution in [0, 0.1) is 34.9 Å². The number of nitrogens with zero attached hydrogens (tertiary/aromatic N) is 1. The summed E-state index contributed by atoms with van der Waals surface area (Å²) in [7, 11) is 0. The minimum atomic E-state index is -0.704. The third-order valence-corrected chi connectivity index (χ3v) is 7.18. The summed E-state index contributed by atoms with van der Waals surface area (Å²) in [6.07, 6.45) is 5.22. The molecule has 5 aliphatic rings. The summed E-state index contributed by atoms with van der Waals surface area (Å²) in [5, 5.41) is 18.3. The van der Waals surface area contributed by atoms with E-state index >= 15 is 0 Å². The Balaban J connectivity index is 1.23. The normalized spacial score (nSPS) is 30.1. The van der Waals surface area contributed by atoms with E-state index in [9.17, 15) is 19.2 Å². The topological polar surface area (TPSA) is 103 Å². The van der Waals surface area contributed by atoms with Gasteiger partial charge < -0.3 is 20.7 Å². The minimum Gasteiger partial charge on any atom is -0.378 e. The van der Waals surface area contributed by atoms with Gasteiger partial charge in [0.05, 0.1) is 24.5 Å². The number of carbonyl (C=O) groups is 2. The van der Waals surface area contributed by atoms with Gasteiger partial charge in [-0.3, -0.25) is 9.59 Å². The molecule has 4 unspecified atom stereocenters. The van der Waals surface area contributed by atoms with Crippen molar-refractivity contribution < 1.29 is 18.7 Å². The molecule has 164 valence electrons. The van der Waals surface area contributed by atoms with Crippen molar-refractivity contribution >= 4 is 17.5 Å². The van der Waals surface area contributed by atoms with Gasteiger partial charge in [0.25, 0.3) is 0 Å². The number of hydrogen-bond donors (Lipinski definition) is 3. The number of amides is 2. The Hall–Kier alpha value is -2.66. The molecule has 1 aromatic carbocycles. The van der Waals surface area contributed by atoms with Crippen LogP contribution in [0.25, 0.3) is 0 Å². The number of fused-ring (bicyclic) bond motifs is 3. The number of nitrogens with one attached hydrogen (secondary N) is 3. The Morgan fingerprint density at radius 1 is 1.29 bits per heavy atom. The van der Waals surface area contributed by atoms with Gasteiger partial charge in [-0.25, -0.2) is 4.39 Å². The van der Waals surface area contributed by atoms with Gasteiger partial charge in [-0.1, -0.05) is 25.0 Å². The van der Waals surface area contributed by atoms with Crippen molar-refractivity contribution in [3.8, 4) is 6.07 Å². The summed E-state index contributed by atoms with van der Waals surface area (Å²) >= 11 is 0. The summed E-state index contributed by atoms with van der Waals surface area (Å²) in [5.41, 5.74) is 1.11. The van der Waals surface area contributed by atoms with E-state index in [1.54, 1.807) is 12.1 Å². The number of benzene rings is 1. The van der Waals surface area contributed by atoms with Crippen LogP contribution in [0.4, 0.5) is 10.1 Å². The molecule has 4 fully saturated rings. The third-order valence-electron chi connectivity index (χ3n) is 7.18. The van der Waals surface area contributed by atoms with Crippen LogP contribution in [0.3, 0.4) is 0 Å². The molecular formula is C23H27FN4O3. The second-order valence-electron chi connectivity index (χ2n) is 9.38. The minimum absolute atomic E-state index is 0.00907. The number of rotatable bonds is 7. The van der Waals surface area contributed by atoms with Crippen molar-refractivity contribution in [2.24, 2.45) is 17.8 Å². The fraction of sp³-hybridized carbons (Fsp3) is 0.609. The summed E-state index contributed by atoms with van der Waals surface area (Å²) in [4.78, 5) is 26.0. The lowest BCUT2D eigenvalue weighted by atomic mass is 9.69. The molecule has 0 spiro atoms. The van der Waals surface area contributed by atoms with Crippen LogP contribution >= 0.6 is 0 Å². The van der Waals surface area contributed by atoms with E-state index in [4.69, 9.17) is 4.74 Å². The standard InChI is InChI=1S/C23H27FN4O3/c24-17-3-1-2-13-9-19(26-21(13)17)23(30)27-18(6-12-4-5-12)22(29)28-20(10-25)16-11-31-15-7-14(16)8-15/h1-3,12,14-16,18-20,26H,4-9,11H2,(H,27,30)(H,28,29). The molecule has 3 heterocycles. The molecule has 2 saturated heterocycles. The van der Waals surface area contributed by atoms with Crippen LogP contribution in [0.2, 0.25) is 0 Å². The fourth-order valence-electron chi connectivity index (χ4n) is 5.03. The highest BCUT2D eigenvalue weighted by molar-refractivity contribution is 5.92. The molecule has 1 aromatic rings. The zero-order chi connectivity index (χ0) is 21.5. The maximum atomic E-state index is 14.0. The summed E-state index contributed by atoms with van der Waals surface area (Å²) in [6, 6.07) is 5.06. The highest BCUT2D eigenvalue weighted by atomic mass is 19.1. The van der Waals surface area contributed by atoms with Gasteiger partial charge in [0.2, 0.25) is 11.8 Å². The molecule has 3 aliphatic heterocycles. The first-order valence-corrected chi connectivity index (χ1v) is 11.2. The van der Waals surface area contributed by atoms with Crippen molar-refractivity contribution in [3.63, 3.8) is 0 Å². The number of hydrogen-bond acceptors (Lipinski definition) is 5. The smallest absolute Gasteiger partial charge is 0.243 e. The fourth-order valence-corrected chi connectivity index (χ4v) is 5.03. The number of anilines is 1. The first-order valence-electron chi connectivity index (χ1n) is 11.2. The Morgan fingerprint density at radius 3 is 2.74 bits per heavy atom. The predicted molar refractivity (Wildman–Crippen MR) is 110 cm³/mol. The van der Waals surface area contributed by atoms with Gasteiger partial charge in [0.1, 0.15) is 23.9 Å². The van der Waals surface area contributed by atoms with Gasteiger partial charge in [0.15, 0.2) is 0 Å². The monoisotopic (exact) mass is 426 g/mol. The highest BCUT2D eigenvalue weighted by Crippen LogP contribution is 2.42. The van der Waals surface area contributed by atoms with Crippen molar-refractivity contribution in [1.82, 2.24) is 10.6 Å². The number of halogens is 1. The number of para-hydroxylation sites is 1. The van der Waals surface area contributed by atoms with E-state index in [1.165, 1.54) is 6.07 Å². The SMILES string of the molecule is N#CC(NC(=O)C(CC1CC1)NC(=O)C1Cc2cccc(F)c2N1)C1COC2CC1C2. The van der Waals surface area contributed by atoms with Gasteiger partial charge in [-0.15, -0.1) is 0 Å². The Labute approximate surface area is 180 Å². The second-order valence-corrected chi connectivity index (χ2v) is 9.38. The lowest BCUT2D eigenvalue weighted by Crippen LogP contribution is -2.57. The van der Waals surface area contributed by atoms with Crippen LogP contribution in [0.1, 0.15) is 37.7 Å². The molecular weight excluding hydrogens is 399 g/mol. The van der Waals surface area contributed by atoms with E-state index in [1.807, 2.05) is 0 Å². The molecule has 6 rings (SSSR count). The number of nitriles is 1.